The Morgan fingerprint density at radius 2 is 1.67 bits per heavy atom. The Balaban J connectivity index is 0. The molecule has 0 spiro atoms. The van der Waals surface area contributed by atoms with E-state index in [-0.39, 0.29) is 12.3 Å². The van der Waals surface area contributed by atoms with Gasteiger partial charge in [-0.1, -0.05) is 0 Å². The molecule has 0 atom stereocenters. The molecule has 0 fully saturated rings. The van der Waals surface area contributed by atoms with Crippen LogP contribution >= 0.6 is 0 Å². The van der Waals surface area contributed by atoms with E-state index in [0.29, 0.717) is 4.67 Å². The van der Waals surface area contributed by atoms with Gasteiger partial charge in [-0.15, -0.1) is 0 Å². The molecule has 0 saturated heterocycles. The van der Waals surface area contributed by atoms with Crippen LogP contribution in [0.15, 0.2) is 0 Å². The maximum atomic E-state index is 9.69. The monoisotopic (exact) mass is 197 g/mol. The summed E-state index contributed by atoms with van der Waals surface area (Å²) in [6, 6.07) is 0. The molecule has 6 N–H and O–H groups in total. The number of rotatable bonds is 1. The Morgan fingerprint density at radius 3 is 1.67 bits per heavy atom. The molecule has 54 valence electrons. The summed E-state index contributed by atoms with van der Waals surface area (Å²) in [6.07, 6.45) is 0. The molecule has 4 nitrogen and oxygen atoms in total. The molecule has 0 aromatic heterocycles. The fourth-order valence-electron chi connectivity index (χ4n) is 0. The van der Waals surface area contributed by atoms with Crippen LogP contribution in [0.3, 0.4) is 0 Å². The summed E-state index contributed by atoms with van der Waals surface area (Å²) < 4.78 is 0.292. The van der Waals surface area contributed by atoms with Crippen molar-refractivity contribution in [3.05, 3.63) is 0 Å². The molecule has 0 aromatic carbocycles. The van der Waals surface area contributed by atoms with E-state index in [1.165, 1.54) is 6.92 Å². The van der Waals surface area contributed by atoms with Crippen LogP contribution in [0.1, 0.15) is 6.92 Å². The van der Waals surface area contributed by atoms with Crippen molar-refractivity contribution in [1.29, 1.82) is 0 Å². The van der Waals surface area contributed by atoms with Gasteiger partial charge in [-0.3, -0.25) is 4.79 Å². The fourth-order valence-corrected chi connectivity index (χ4v) is 0. The number of nitrogens with two attached hydrogens (primary N) is 3. The van der Waals surface area contributed by atoms with Crippen molar-refractivity contribution in [2.75, 3.05) is 6.54 Å². The summed E-state index contributed by atoms with van der Waals surface area (Å²) in [5, 5.41) is 0. The SMILES string of the molecule is CC(=O)CN.NC(N)=[Se]. The molecule has 9 heavy (non-hydrogen) atoms. The van der Waals surface area contributed by atoms with Gasteiger partial charge in [0.15, 0.2) is 0 Å². The maximum absolute atomic E-state index is 9.69. The molecule has 0 unspecified atom stereocenters. The summed E-state index contributed by atoms with van der Waals surface area (Å²) in [4.78, 5) is 9.69. The fraction of sp³-hybridized carbons (Fsp3) is 0.500. The van der Waals surface area contributed by atoms with Crippen molar-refractivity contribution in [3.8, 4) is 0 Å². The zero-order chi connectivity index (χ0) is 7.86. The van der Waals surface area contributed by atoms with Gasteiger partial charge in [-0.2, -0.15) is 0 Å². The van der Waals surface area contributed by atoms with Gasteiger partial charge in [-0.25, -0.2) is 0 Å². The normalized spacial score (nSPS) is 6.89. The Labute approximate surface area is 62.1 Å². The average molecular weight is 196 g/mol. The van der Waals surface area contributed by atoms with Crippen LogP contribution in [0.2, 0.25) is 0 Å². The standard InChI is InChI=1S/C3H7NO.CH4N2Se/c1-3(5)2-4;2-1(3)4/h2,4H2,1H3;(H4,2,3,4). The number of hydrogen-bond acceptors (Lipinski definition) is 4. The molecule has 0 aliphatic carbocycles. The minimum atomic E-state index is 0.0324. The van der Waals surface area contributed by atoms with Gasteiger partial charge in [0.2, 0.25) is 0 Å². The van der Waals surface area contributed by atoms with E-state index < -0.39 is 0 Å². The zero-order valence-corrected chi connectivity index (χ0v) is 6.97. The molecule has 0 aliphatic rings. The summed E-state index contributed by atoms with van der Waals surface area (Å²) in [5.74, 6) is 0.0324. The van der Waals surface area contributed by atoms with E-state index in [1.807, 2.05) is 0 Å². The van der Waals surface area contributed by atoms with E-state index >= 15 is 0 Å². The molecule has 0 heterocycles. The van der Waals surface area contributed by atoms with E-state index in [1.54, 1.807) is 0 Å². The van der Waals surface area contributed by atoms with Crippen LogP contribution in [0.5, 0.6) is 0 Å². The van der Waals surface area contributed by atoms with E-state index in [0.717, 1.165) is 0 Å². The van der Waals surface area contributed by atoms with Crippen LogP contribution in [-0.2, 0) is 4.79 Å². The first-order valence-electron chi connectivity index (χ1n) is 2.25. The summed E-state index contributed by atoms with van der Waals surface area (Å²) in [6.45, 7) is 1.62. The molecule has 0 saturated carbocycles. The topological polar surface area (TPSA) is 95.1 Å². The Morgan fingerprint density at radius 1 is 1.56 bits per heavy atom. The summed E-state index contributed by atoms with van der Waals surface area (Å²) >= 11 is 2.38. The van der Waals surface area contributed by atoms with Crippen LogP contribution in [0.4, 0.5) is 0 Å². The van der Waals surface area contributed by atoms with Crippen molar-refractivity contribution in [2.24, 2.45) is 17.2 Å². The van der Waals surface area contributed by atoms with Crippen molar-refractivity contribution < 1.29 is 4.79 Å². The third-order valence-electron chi connectivity index (χ3n) is 0.287. The second-order valence-corrected chi connectivity index (χ2v) is 2.30. The van der Waals surface area contributed by atoms with Crippen molar-refractivity contribution in [3.63, 3.8) is 0 Å². The molecule has 5 heteroatoms. The van der Waals surface area contributed by atoms with Gasteiger partial charge >= 0.3 is 31.7 Å². The number of ketones is 1. The van der Waals surface area contributed by atoms with Crippen molar-refractivity contribution >= 4 is 26.0 Å². The Bertz CT molecular complexity index is 100.0. The first kappa shape index (κ1) is 11.4. The first-order valence-corrected chi connectivity index (χ1v) is 3.10. The van der Waals surface area contributed by atoms with Crippen molar-refractivity contribution in [2.45, 2.75) is 6.92 Å². The summed E-state index contributed by atoms with van der Waals surface area (Å²) in [7, 11) is 0. The molecular weight excluding hydrogens is 185 g/mol. The van der Waals surface area contributed by atoms with Crippen molar-refractivity contribution in [1.82, 2.24) is 0 Å². The van der Waals surface area contributed by atoms with Gasteiger partial charge in [-0.05, 0) is 6.92 Å². The third kappa shape index (κ3) is 91.7. The Kier molecular flexibility index (Phi) is 9.67. The molecular formula is C4H11N3OSe. The second kappa shape index (κ2) is 7.62. The molecule has 0 aliphatic heterocycles. The van der Waals surface area contributed by atoms with Crippen LogP contribution in [-0.4, -0.2) is 32.6 Å². The molecule has 0 rings (SSSR count). The summed E-state index contributed by atoms with van der Waals surface area (Å²) in [5.41, 5.74) is 14.3. The third-order valence-corrected chi connectivity index (χ3v) is 0.287. The molecule has 0 aromatic rings. The van der Waals surface area contributed by atoms with Gasteiger partial charge in [0.1, 0.15) is 5.78 Å². The van der Waals surface area contributed by atoms with Gasteiger partial charge in [0, 0.05) is 0 Å². The van der Waals surface area contributed by atoms with Crippen LogP contribution < -0.4 is 17.2 Å². The number of carbonyl (C=O) groups excluding carboxylic acids is 1. The molecule has 0 bridgehead atoms. The predicted octanol–water partition coefficient (Wildman–Crippen LogP) is -2.31. The quantitative estimate of drug-likeness (QED) is 0.411. The minimum absolute atomic E-state index is 0.0324. The number of Topliss-reactive ketones (excluding diaryl/α,β-unsaturated/α-hetero) is 1. The van der Waals surface area contributed by atoms with E-state index in [2.05, 4.69) is 15.6 Å². The molecule has 0 amide bonds. The first-order chi connectivity index (χ1) is 4.00. The van der Waals surface area contributed by atoms with Crippen LogP contribution in [0.25, 0.3) is 0 Å². The average Bonchev–Trinajstić information content (AvgIpc) is 1.65. The van der Waals surface area contributed by atoms with Gasteiger partial charge in [0.05, 0.1) is 6.54 Å². The second-order valence-electron chi connectivity index (χ2n) is 1.31. The van der Waals surface area contributed by atoms with Crippen LogP contribution in [0, 0.1) is 0 Å². The molecule has 0 radical (unpaired) electrons. The van der Waals surface area contributed by atoms with Gasteiger partial charge < -0.3 is 5.73 Å². The predicted molar refractivity (Wildman–Crippen MR) is 38.9 cm³/mol. The zero-order valence-electron chi connectivity index (χ0n) is 5.26. The number of hydrogen-bond donors (Lipinski definition) is 3. The Hall–Kier alpha value is -0.381. The van der Waals surface area contributed by atoms with Gasteiger partial charge in [0.25, 0.3) is 0 Å². The number of carbonyl (C=O) groups is 1. The van der Waals surface area contributed by atoms with E-state index in [4.69, 9.17) is 17.2 Å². The van der Waals surface area contributed by atoms with E-state index in [9.17, 15) is 4.79 Å².